The summed E-state index contributed by atoms with van der Waals surface area (Å²) in [5, 5.41) is 2.57. The molecule has 3 rings (SSSR count). The second kappa shape index (κ2) is 7.31. The van der Waals surface area contributed by atoms with Crippen molar-refractivity contribution in [2.45, 2.75) is 12.8 Å². The maximum absolute atomic E-state index is 13.7. The number of benzene rings is 2. The smallest absolute Gasteiger partial charge is 0.168 e. The van der Waals surface area contributed by atoms with Crippen molar-refractivity contribution in [3.05, 3.63) is 76.2 Å². The Balaban J connectivity index is 1.76. The van der Waals surface area contributed by atoms with Crippen molar-refractivity contribution in [1.82, 2.24) is 4.98 Å². The van der Waals surface area contributed by atoms with Crippen LogP contribution in [0.3, 0.4) is 0 Å². The minimum atomic E-state index is -0.793. The number of halogens is 2. The van der Waals surface area contributed by atoms with Crippen LogP contribution in [0.5, 0.6) is 11.5 Å². The van der Waals surface area contributed by atoms with Crippen molar-refractivity contribution in [2.24, 2.45) is 0 Å². The number of hydrogen-bond acceptors (Lipinski definition) is 4. The van der Waals surface area contributed by atoms with Gasteiger partial charge in [0, 0.05) is 29.6 Å². The molecular formula is C18H13F2NO2S. The SMILES string of the molecule is O=C(Cc1nccs1)Cc1ccccc1Oc1ccc(F)cc1F. The van der Waals surface area contributed by atoms with Crippen LogP contribution >= 0.6 is 11.3 Å². The van der Waals surface area contributed by atoms with Crippen LogP contribution in [0.25, 0.3) is 0 Å². The van der Waals surface area contributed by atoms with E-state index in [1.807, 2.05) is 5.38 Å². The molecule has 0 bridgehead atoms. The van der Waals surface area contributed by atoms with Crippen molar-refractivity contribution in [3.63, 3.8) is 0 Å². The molecule has 0 fully saturated rings. The van der Waals surface area contributed by atoms with Gasteiger partial charge in [0.1, 0.15) is 17.3 Å². The maximum Gasteiger partial charge on any atom is 0.168 e. The van der Waals surface area contributed by atoms with E-state index in [1.54, 1.807) is 30.5 Å². The van der Waals surface area contributed by atoms with Gasteiger partial charge in [-0.05, 0) is 18.2 Å². The largest absolute Gasteiger partial charge is 0.454 e. The molecule has 0 atom stereocenters. The summed E-state index contributed by atoms with van der Waals surface area (Å²) in [4.78, 5) is 16.3. The number of carbonyl (C=O) groups is 1. The number of para-hydroxylation sites is 1. The molecule has 3 nitrogen and oxygen atoms in total. The van der Waals surface area contributed by atoms with Gasteiger partial charge in [0.25, 0.3) is 0 Å². The summed E-state index contributed by atoms with van der Waals surface area (Å²) >= 11 is 1.42. The molecule has 3 aromatic rings. The summed E-state index contributed by atoms with van der Waals surface area (Å²) in [5.41, 5.74) is 0.641. The minimum absolute atomic E-state index is 0.0134. The highest BCUT2D eigenvalue weighted by Crippen LogP contribution is 2.28. The maximum atomic E-state index is 13.7. The third kappa shape index (κ3) is 4.02. The van der Waals surface area contributed by atoms with Crippen LogP contribution < -0.4 is 4.74 Å². The molecule has 0 N–H and O–H groups in total. The Labute approximate surface area is 141 Å². The fraction of sp³-hybridized carbons (Fsp3) is 0.111. The Bertz CT molecular complexity index is 850. The van der Waals surface area contributed by atoms with Gasteiger partial charge in [0.05, 0.1) is 11.4 Å². The van der Waals surface area contributed by atoms with Gasteiger partial charge in [-0.25, -0.2) is 13.8 Å². The molecule has 24 heavy (non-hydrogen) atoms. The predicted molar refractivity (Wildman–Crippen MR) is 87.4 cm³/mol. The van der Waals surface area contributed by atoms with Gasteiger partial charge in [-0.15, -0.1) is 11.3 Å². The van der Waals surface area contributed by atoms with Gasteiger partial charge in [-0.3, -0.25) is 4.79 Å². The molecule has 1 aromatic heterocycles. The molecule has 1 heterocycles. The summed E-state index contributed by atoms with van der Waals surface area (Å²) in [6.07, 6.45) is 2.05. The predicted octanol–water partition coefficient (Wildman–Crippen LogP) is 4.57. The van der Waals surface area contributed by atoms with Crippen molar-refractivity contribution in [3.8, 4) is 11.5 Å². The lowest BCUT2D eigenvalue weighted by Crippen LogP contribution is -2.07. The van der Waals surface area contributed by atoms with Crippen molar-refractivity contribution >= 4 is 17.1 Å². The molecule has 0 saturated carbocycles. The van der Waals surface area contributed by atoms with E-state index in [9.17, 15) is 13.6 Å². The highest BCUT2D eigenvalue weighted by molar-refractivity contribution is 7.09. The Hall–Kier alpha value is -2.60. The molecule has 6 heteroatoms. The lowest BCUT2D eigenvalue weighted by molar-refractivity contribution is -0.117. The quantitative estimate of drug-likeness (QED) is 0.657. The third-order valence-electron chi connectivity index (χ3n) is 3.31. The zero-order valence-corrected chi connectivity index (χ0v) is 13.4. The Morgan fingerprint density at radius 2 is 1.92 bits per heavy atom. The number of nitrogens with zero attached hydrogens (tertiary/aromatic N) is 1. The van der Waals surface area contributed by atoms with E-state index in [4.69, 9.17) is 4.74 Å². The van der Waals surface area contributed by atoms with E-state index in [0.29, 0.717) is 11.3 Å². The van der Waals surface area contributed by atoms with Crippen LogP contribution in [0.4, 0.5) is 8.78 Å². The molecule has 122 valence electrons. The summed E-state index contributed by atoms with van der Waals surface area (Å²) in [7, 11) is 0. The van der Waals surface area contributed by atoms with Crippen LogP contribution in [-0.2, 0) is 17.6 Å². The highest BCUT2D eigenvalue weighted by atomic mass is 32.1. The first-order valence-electron chi connectivity index (χ1n) is 7.22. The minimum Gasteiger partial charge on any atom is -0.454 e. The molecule has 0 amide bonds. The molecule has 2 aromatic carbocycles. The second-order valence-corrected chi connectivity index (χ2v) is 6.08. The van der Waals surface area contributed by atoms with Gasteiger partial charge < -0.3 is 4.74 Å². The highest BCUT2D eigenvalue weighted by Gasteiger charge is 2.13. The molecule has 0 aliphatic heterocycles. The topological polar surface area (TPSA) is 39.2 Å². The number of hydrogen-bond donors (Lipinski definition) is 0. The lowest BCUT2D eigenvalue weighted by Gasteiger charge is -2.11. The number of ether oxygens (including phenoxy) is 1. The molecular weight excluding hydrogens is 332 g/mol. The Morgan fingerprint density at radius 3 is 2.67 bits per heavy atom. The average molecular weight is 345 g/mol. The molecule has 0 saturated heterocycles. The molecule has 0 aliphatic carbocycles. The third-order valence-corrected chi connectivity index (χ3v) is 4.09. The van der Waals surface area contributed by atoms with E-state index < -0.39 is 11.6 Å². The number of thiazole rings is 1. The first kappa shape index (κ1) is 16.3. The van der Waals surface area contributed by atoms with E-state index in [2.05, 4.69) is 4.98 Å². The van der Waals surface area contributed by atoms with Crippen LogP contribution in [0.15, 0.2) is 54.0 Å². The van der Waals surface area contributed by atoms with E-state index >= 15 is 0 Å². The summed E-state index contributed by atoms with van der Waals surface area (Å²) in [5.74, 6) is -1.20. The molecule has 0 aliphatic rings. The van der Waals surface area contributed by atoms with Crippen LogP contribution in [0.1, 0.15) is 10.6 Å². The zero-order valence-electron chi connectivity index (χ0n) is 12.5. The Morgan fingerprint density at radius 1 is 1.08 bits per heavy atom. The van der Waals surface area contributed by atoms with E-state index in [1.165, 1.54) is 17.4 Å². The average Bonchev–Trinajstić information content (AvgIpc) is 3.04. The number of aromatic nitrogens is 1. The fourth-order valence-electron chi connectivity index (χ4n) is 2.21. The first-order chi connectivity index (χ1) is 11.6. The number of carbonyl (C=O) groups excluding carboxylic acids is 1. The van der Waals surface area contributed by atoms with Crippen LogP contribution in [0.2, 0.25) is 0 Å². The van der Waals surface area contributed by atoms with Crippen molar-refractivity contribution in [2.75, 3.05) is 0 Å². The van der Waals surface area contributed by atoms with E-state index in [0.717, 1.165) is 17.1 Å². The zero-order chi connectivity index (χ0) is 16.9. The van der Waals surface area contributed by atoms with Crippen molar-refractivity contribution < 1.29 is 18.3 Å². The standard InChI is InChI=1S/C18H13F2NO2S/c19-13-5-6-17(15(20)10-13)23-16-4-2-1-3-12(16)9-14(22)11-18-21-7-8-24-18/h1-8,10H,9,11H2. The van der Waals surface area contributed by atoms with E-state index in [-0.39, 0.29) is 24.4 Å². The number of rotatable bonds is 6. The first-order valence-corrected chi connectivity index (χ1v) is 8.10. The molecule has 0 unspecified atom stereocenters. The summed E-state index contributed by atoms with van der Waals surface area (Å²) in [6, 6.07) is 10.00. The van der Waals surface area contributed by atoms with Crippen molar-refractivity contribution in [1.29, 1.82) is 0 Å². The summed E-state index contributed by atoms with van der Waals surface area (Å²) in [6.45, 7) is 0. The molecule has 0 spiro atoms. The van der Waals surface area contributed by atoms with Gasteiger partial charge in [0.2, 0.25) is 0 Å². The van der Waals surface area contributed by atoms with Gasteiger partial charge in [-0.2, -0.15) is 0 Å². The fourth-order valence-corrected chi connectivity index (χ4v) is 2.85. The second-order valence-electron chi connectivity index (χ2n) is 5.10. The monoisotopic (exact) mass is 345 g/mol. The number of Topliss-reactive ketones (excluding diaryl/α,β-unsaturated/α-hetero) is 1. The van der Waals surface area contributed by atoms with Gasteiger partial charge in [0.15, 0.2) is 11.6 Å². The van der Waals surface area contributed by atoms with Crippen LogP contribution in [-0.4, -0.2) is 10.8 Å². The van der Waals surface area contributed by atoms with Gasteiger partial charge in [-0.1, -0.05) is 18.2 Å². The molecule has 0 radical (unpaired) electrons. The van der Waals surface area contributed by atoms with Crippen LogP contribution in [0, 0.1) is 11.6 Å². The normalized spacial score (nSPS) is 10.6. The Kier molecular flexibility index (Phi) is 4.96. The van der Waals surface area contributed by atoms with Gasteiger partial charge >= 0.3 is 0 Å². The number of ketones is 1. The summed E-state index contributed by atoms with van der Waals surface area (Å²) < 4.78 is 32.2. The lowest BCUT2D eigenvalue weighted by atomic mass is 10.1.